The number of fused-ring (bicyclic) bond motifs is 1. The fraction of sp³-hybridized carbons (Fsp3) is 0.269. The number of pyridine rings is 1. The highest BCUT2D eigenvalue weighted by Gasteiger charge is 2.42. The number of anilines is 1. The van der Waals surface area contributed by atoms with E-state index in [1.807, 2.05) is 0 Å². The van der Waals surface area contributed by atoms with Crippen molar-refractivity contribution in [1.82, 2.24) is 4.98 Å². The third kappa shape index (κ3) is 4.50. The van der Waals surface area contributed by atoms with Crippen LogP contribution < -0.4 is 5.32 Å². The number of amides is 1. The van der Waals surface area contributed by atoms with Crippen LogP contribution in [-0.2, 0) is 32.9 Å². The first kappa shape index (κ1) is 23.8. The van der Waals surface area contributed by atoms with Crippen molar-refractivity contribution in [2.45, 2.75) is 43.4 Å². The number of rotatable bonds is 6. The van der Waals surface area contributed by atoms with Gasteiger partial charge in [-0.25, -0.2) is 17.8 Å². The van der Waals surface area contributed by atoms with E-state index in [2.05, 4.69) is 10.3 Å². The Bertz CT molecular complexity index is 1370. The van der Waals surface area contributed by atoms with E-state index < -0.39 is 21.1 Å². The van der Waals surface area contributed by atoms with Gasteiger partial charge in [-0.3, -0.25) is 9.59 Å². The van der Waals surface area contributed by atoms with Gasteiger partial charge in [0.25, 0.3) is 0 Å². The number of Topliss-reactive ketones (excluding diaryl/α,β-unsaturated/α-hetero) is 1. The van der Waals surface area contributed by atoms with Crippen LogP contribution in [0.1, 0.15) is 47.4 Å². The van der Waals surface area contributed by atoms with Crippen LogP contribution in [0, 0.1) is 5.82 Å². The van der Waals surface area contributed by atoms with Crippen LogP contribution in [0.3, 0.4) is 0 Å². The van der Waals surface area contributed by atoms with Crippen LogP contribution in [0.2, 0.25) is 0 Å². The largest absolute Gasteiger partial charge is 0.310 e. The average molecular weight is 481 g/mol. The van der Waals surface area contributed by atoms with Gasteiger partial charge in [0.15, 0.2) is 15.6 Å². The lowest BCUT2D eigenvalue weighted by Crippen LogP contribution is -2.38. The van der Waals surface area contributed by atoms with Crippen LogP contribution in [0.15, 0.2) is 65.6 Å². The number of nitrogens with one attached hydrogen (secondary N) is 1. The third-order valence-electron chi connectivity index (χ3n) is 6.34. The molecule has 1 heterocycles. The van der Waals surface area contributed by atoms with Gasteiger partial charge in [0, 0.05) is 11.1 Å². The molecule has 176 valence electrons. The van der Waals surface area contributed by atoms with Crippen molar-refractivity contribution in [3.63, 3.8) is 0 Å². The van der Waals surface area contributed by atoms with Gasteiger partial charge in [0.05, 0.1) is 28.2 Å². The minimum Gasteiger partial charge on any atom is -0.310 e. The maximum atomic E-state index is 14.4. The zero-order valence-electron chi connectivity index (χ0n) is 19.0. The highest BCUT2D eigenvalue weighted by molar-refractivity contribution is 7.91. The Morgan fingerprint density at radius 1 is 1.09 bits per heavy atom. The number of nitrogens with zero attached hydrogens (tertiary/aromatic N) is 1. The summed E-state index contributed by atoms with van der Waals surface area (Å²) >= 11 is 0. The molecule has 1 amide bonds. The summed E-state index contributed by atoms with van der Waals surface area (Å²) in [5.41, 5.74) is 1.08. The molecule has 1 N–H and O–H groups in total. The molecule has 2 aromatic carbocycles. The molecule has 6 nitrogen and oxygen atoms in total. The molecule has 1 aliphatic rings. The summed E-state index contributed by atoms with van der Waals surface area (Å²) in [5.74, 6) is -0.558. The van der Waals surface area contributed by atoms with Gasteiger partial charge >= 0.3 is 0 Å². The van der Waals surface area contributed by atoms with E-state index in [9.17, 15) is 22.4 Å². The first-order valence-corrected chi connectivity index (χ1v) is 12.7. The van der Waals surface area contributed by atoms with E-state index >= 15 is 0 Å². The molecule has 0 saturated carbocycles. The Balaban J connectivity index is 1.47. The molecule has 1 aliphatic carbocycles. The monoisotopic (exact) mass is 480 g/mol. The van der Waals surface area contributed by atoms with Crippen LogP contribution in [-0.4, -0.2) is 30.8 Å². The summed E-state index contributed by atoms with van der Waals surface area (Å²) in [6, 6.07) is 15.7. The molecule has 1 atom stereocenters. The van der Waals surface area contributed by atoms with E-state index in [1.54, 1.807) is 56.3 Å². The van der Waals surface area contributed by atoms with E-state index in [4.69, 9.17) is 0 Å². The molecule has 0 fully saturated rings. The number of halogens is 1. The maximum Gasteiger partial charge on any atom is 0.229 e. The summed E-state index contributed by atoms with van der Waals surface area (Å²) in [6.07, 6.45) is 0.940. The average Bonchev–Trinajstić information content (AvgIpc) is 2.82. The Morgan fingerprint density at radius 2 is 1.79 bits per heavy atom. The minimum atomic E-state index is -3.29. The molecule has 0 spiro atoms. The summed E-state index contributed by atoms with van der Waals surface area (Å²) < 4.78 is 38.3. The first-order valence-electron chi connectivity index (χ1n) is 11.1. The highest BCUT2D eigenvalue weighted by Crippen LogP contribution is 2.39. The van der Waals surface area contributed by atoms with Crippen molar-refractivity contribution in [2.75, 3.05) is 11.1 Å². The van der Waals surface area contributed by atoms with Crippen LogP contribution in [0.5, 0.6) is 0 Å². The molecule has 1 aromatic heterocycles. The van der Waals surface area contributed by atoms with Gasteiger partial charge in [-0.15, -0.1) is 0 Å². The standard InChI is InChI=1S/C26H25FN2O4S/c1-3-34(32,33)18-10-8-17(9-11-18)16-24(30)29-23-13-12-19-22(28-23)14-15-26(2,25(19)31)20-6-4-5-7-21(20)27/h4-13H,3,14-16H2,1-2H3,(H,28,29,30). The quantitative estimate of drug-likeness (QED) is 0.568. The highest BCUT2D eigenvalue weighted by atomic mass is 32.2. The smallest absolute Gasteiger partial charge is 0.229 e. The molecule has 0 aliphatic heterocycles. The Hall–Kier alpha value is -3.39. The van der Waals surface area contributed by atoms with E-state index in [-0.39, 0.29) is 28.8 Å². The first-order chi connectivity index (χ1) is 16.1. The number of aromatic nitrogens is 1. The second-order valence-corrected chi connectivity index (χ2v) is 10.9. The normalized spacial score (nSPS) is 17.8. The second-order valence-electron chi connectivity index (χ2n) is 8.60. The zero-order chi connectivity index (χ0) is 24.5. The number of carbonyl (C=O) groups is 2. The van der Waals surface area contributed by atoms with Gasteiger partial charge in [-0.2, -0.15) is 0 Å². The number of aryl methyl sites for hydroxylation is 1. The number of benzene rings is 2. The molecule has 0 radical (unpaired) electrons. The minimum absolute atomic E-state index is 0.0127. The molecule has 0 bridgehead atoms. The number of hydrogen-bond donors (Lipinski definition) is 1. The van der Waals surface area contributed by atoms with Gasteiger partial charge in [0.2, 0.25) is 5.91 Å². The number of sulfone groups is 1. The molecule has 0 saturated heterocycles. The summed E-state index contributed by atoms with van der Waals surface area (Å²) in [7, 11) is -3.29. The number of hydrogen-bond acceptors (Lipinski definition) is 5. The van der Waals surface area contributed by atoms with Crippen molar-refractivity contribution in [3.05, 3.63) is 88.9 Å². The molecule has 3 aromatic rings. The molecule has 1 unspecified atom stereocenters. The lowest BCUT2D eigenvalue weighted by atomic mass is 9.69. The third-order valence-corrected chi connectivity index (χ3v) is 8.10. The molecule has 8 heteroatoms. The van der Waals surface area contributed by atoms with E-state index in [1.165, 1.54) is 18.2 Å². The Morgan fingerprint density at radius 3 is 2.47 bits per heavy atom. The van der Waals surface area contributed by atoms with Crippen molar-refractivity contribution >= 4 is 27.3 Å². The van der Waals surface area contributed by atoms with E-state index in [0.717, 1.165) is 0 Å². The predicted octanol–water partition coefficient (Wildman–Crippen LogP) is 4.28. The van der Waals surface area contributed by atoms with Crippen LogP contribution in [0.4, 0.5) is 10.2 Å². The molecular formula is C26H25FN2O4S. The lowest BCUT2D eigenvalue weighted by Gasteiger charge is -2.33. The summed E-state index contributed by atoms with van der Waals surface area (Å²) in [4.78, 5) is 30.4. The molecule has 34 heavy (non-hydrogen) atoms. The van der Waals surface area contributed by atoms with Gasteiger partial charge in [-0.1, -0.05) is 37.3 Å². The van der Waals surface area contributed by atoms with Crippen molar-refractivity contribution in [3.8, 4) is 0 Å². The fourth-order valence-electron chi connectivity index (χ4n) is 4.27. The van der Waals surface area contributed by atoms with Crippen LogP contribution in [0.25, 0.3) is 0 Å². The van der Waals surface area contributed by atoms with Crippen LogP contribution >= 0.6 is 0 Å². The lowest BCUT2D eigenvalue weighted by molar-refractivity contribution is -0.115. The SMILES string of the molecule is CCS(=O)(=O)c1ccc(CC(=O)Nc2ccc3c(n2)CCC(C)(c2ccccc2F)C3=O)cc1. The van der Waals surface area contributed by atoms with Crippen molar-refractivity contribution in [1.29, 1.82) is 0 Å². The number of carbonyl (C=O) groups excluding carboxylic acids is 2. The van der Waals surface area contributed by atoms with Gasteiger partial charge < -0.3 is 5.32 Å². The molecule has 4 rings (SSSR count). The Kier molecular flexibility index (Phi) is 6.36. The summed E-state index contributed by atoms with van der Waals surface area (Å²) in [5, 5.41) is 2.73. The second kappa shape index (κ2) is 9.10. The Labute approximate surface area is 198 Å². The molecular weight excluding hydrogens is 455 g/mol. The van der Waals surface area contributed by atoms with Crippen molar-refractivity contribution < 1.29 is 22.4 Å². The number of ketones is 1. The maximum absolute atomic E-state index is 14.4. The van der Waals surface area contributed by atoms with Gasteiger partial charge in [-0.05, 0) is 55.7 Å². The fourth-order valence-corrected chi connectivity index (χ4v) is 5.15. The topological polar surface area (TPSA) is 93.2 Å². The predicted molar refractivity (Wildman–Crippen MR) is 127 cm³/mol. The van der Waals surface area contributed by atoms with Gasteiger partial charge in [0.1, 0.15) is 11.6 Å². The summed E-state index contributed by atoms with van der Waals surface area (Å²) in [6.45, 7) is 3.33. The van der Waals surface area contributed by atoms with E-state index in [0.29, 0.717) is 41.0 Å². The zero-order valence-corrected chi connectivity index (χ0v) is 19.8. The van der Waals surface area contributed by atoms with Crippen molar-refractivity contribution in [2.24, 2.45) is 0 Å².